The van der Waals surface area contributed by atoms with Gasteiger partial charge in [-0.05, 0) is 38.1 Å². The van der Waals surface area contributed by atoms with Gasteiger partial charge in [-0.2, -0.15) is 15.5 Å². The number of aromatic amines is 1. The van der Waals surface area contributed by atoms with Gasteiger partial charge in [0.05, 0.1) is 16.5 Å². The highest BCUT2D eigenvalue weighted by atomic mass is 19.1. The first-order chi connectivity index (χ1) is 14.9. The number of aromatic nitrogens is 4. The average molecular weight is 418 g/mol. The number of hydrogen-bond acceptors (Lipinski definition) is 6. The Bertz CT molecular complexity index is 1320. The third-order valence-corrected chi connectivity index (χ3v) is 5.63. The normalized spacial score (nSPS) is 19.1. The minimum absolute atomic E-state index is 0.321. The van der Waals surface area contributed by atoms with Gasteiger partial charge in [-0.15, -0.1) is 0 Å². The summed E-state index contributed by atoms with van der Waals surface area (Å²) >= 11 is 0. The van der Waals surface area contributed by atoms with Crippen LogP contribution in [0.5, 0.6) is 0 Å². The van der Waals surface area contributed by atoms with Gasteiger partial charge in [-0.3, -0.25) is 9.78 Å². The molecule has 0 aliphatic carbocycles. The summed E-state index contributed by atoms with van der Waals surface area (Å²) in [5.74, 6) is 0.0768. The van der Waals surface area contributed by atoms with Crippen LogP contribution < -0.4 is 15.5 Å². The maximum Gasteiger partial charge on any atom is 0.161 e. The van der Waals surface area contributed by atoms with Crippen LogP contribution in [-0.2, 0) is 7.05 Å². The van der Waals surface area contributed by atoms with E-state index in [-0.39, 0.29) is 0 Å². The van der Waals surface area contributed by atoms with Crippen LogP contribution in [0.4, 0.5) is 21.6 Å². The highest BCUT2D eigenvalue weighted by molar-refractivity contribution is 5.98. The first-order valence-corrected chi connectivity index (χ1v) is 10.2. The molecule has 5 rings (SSSR count). The van der Waals surface area contributed by atoms with Crippen LogP contribution in [0.1, 0.15) is 19.4 Å². The molecular formula is C22H23FN8. The molecule has 3 N–H and O–H groups in total. The highest BCUT2D eigenvalue weighted by Gasteiger charge is 2.23. The van der Waals surface area contributed by atoms with Crippen LogP contribution in [0, 0.1) is 17.1 Å². The van der Waals surface area contributed by atoms with E-state index in [0.717, 1.165) is 24.3 Å². The number of rotatable bonds is 3. The zero-order chi connectivity index (χ0) is 21.7. The third-order valence-electron chi connectivity index (χ3n) is 5.63. The number of aryl methyl sites for hydroxylation is 1. The fourth-order valence-electron chi connectivity index (χ4n) is 4.46. The predicted octanol–water partition coefficient (Wildman–Crippen LogP) is 3.39. The van der Waals surface area contributed by atoms with E-state index in [9.17, 15) is 9.65 Å². The monoisotopic (exact) mass is 418 g/mol. The number of nitriles is 1. The van der Waals surface area contributed by atoms with E-state index in [2.05, 4.69) is 50.7 Å². The van der Waals surface area contributed by atoms with Gasteiger partial charge >= 0.3 is 0 Å². The molecule has 0 radical (unpaired) electrons. The molecule has 1 fully saturated rings. The summed E-state index contributed by atoms with van der Waals surface area (Å²) in [6.45, 7) is 6.04. The molecule has 1 aliphatic heterocycles. The van der Waals surface area contributed by atoms with Crippen molar-refractivity contribution in [3.05, 3.63) is 41.8 Å². The van der Waals surface area contributed by atoms with Gasteiger partial charge in [0.2, 0.25) is 0 Å². The van der Waals surface area contributed by atoms with Crippen molar-refractivity contribution < 1.29 is 4.39 Å². The Hall–Kier alpha value is -3.64. The molecule has 9 heteroatoms. The Morgan fingerprint density at radius 3 is 2.71 bits per heavy atom. The average Bonchev–Trinajstić information content (AvgIpc) is 3.30. The number of piperazine rings is 1. The second kappa shape index (κ2) is 7.25. The molecule has 2 atom stereocenters. The summed E-state index contributed by atoms with van der Waals surface area (Å²) in [5.41, 5.74) is 3.14. The smallest absolute Gasteiger partial charge is 0.161 e. The van der Waals surface area contributed by atoms with Crippen molar-refractivity contribution in [2.75, 3.05) is 23.3 Å². The second-order valence-electron chi connectivity index (χ2n) is 8.30. The van der Waals surface area contributed by atoms with Crippen molar-refractivity contribution in [1.29, 1.82) is 5.26 Å². The Morgan fingerprint density at radius 1 is 1.19 bits per heavy atom. The third kappa shape index (κ3) is 3.45. The number of nitrogens with one attached hydrogen (secondary N) is 3. The molecule has 0 saturated carbocycles. The van der Waals surface area contributed by atoms with Crippen molar-refractivity contribution in [3.63, 3.8) is 0 Å². The summed E-state index contributed by atoms with van der Waals surface area (Å²) in [5, 5.41) is 29.4. The van der Waals surface area contributed by atoms with Crippen molar-refractivity contribution in [1.82, 2.24) is 25.3 Å². The lowest BCUT2D eigenvalue weighted by Gasteiger charge is -2.37. The summed E-state index contributed by atoms with van der Waals surface area (Å²) in [4.78, 5) is 2.28. The molecule has 2 unspecified atom stereocenters. The van der Waals surface area contributed by atoms with Gasteiger partial charge in [0.25, 0.3) is 0 Å². The first-order valence-electron chi connectivity index (χ1n) is 10.2. The molecule has 3 heterocycles. The second-order valence-corrected chi connectivity index (χ2v) is 8.30. The van der Waals surface area contributed by atoms with Crippen molar-refractivity contribution in [3.8, 4) is 6.07 Å². The Labute approximate surface area is 178 Å². The largest absolute Gasteiger partial charge is 0.368 e. The maximum absolute atomic E-state index is 14.5. The molecular weight excluding hydrogens is 395 g/mol. The molecule has 0 amide bonds. The molecule has 1 aliphatic rings. The lowest BCUT2D eigenvalue weighted by molar-refractivity contribution is 0.407. The number of H-pyrrole nitrogens is 1. The van der Waals surface area contributed by atoms with E-state index >= 15 is 0 Å². The summed E-state index contributed by atoms with van der Waals surface area (Å²) in [7, 11) is 1.75. The van der Waals surface area contributed by atoms with E-state index in [1.54, 1.807) is 17.9 Å². The maximum atomic E-state index is 14.5. The van der Waals surface area contributed by atoms with Crippen LogP contribution >= 0.6 is 0 Å². The summed E-state index contributed by atoms with van der Waals surface area (Å²) in [6.07, 6.45) is 1.76. The number of anilines is 3. The quantitative estimate of drug-likeness (QED) is 0.472. The van der Waals surface area contributed by atoms with E-state index in [1.165, 1.54) is 6.07 Å². The topological polar surface area (TPSA) is 97.6 Å². The minimum Gasteiger partial charge on any atom is -0.368 e. The Balaban J connectivity index is 1.53. The van der Waals surface area contributed by atoms with Crippen LogP contribution in [0.25, 0.3) is 21.8 Å². The number of benzene rings is 2. The van der Waals surface area contributed by atoms with Gasteiger partial charge < -0.3 is 15.5 Å². The van der Waals surface area contributed by atoms with E-state index in [1.807, 2.05) is 18.2 Å². The van der Waals surface area contributed by atoms with Crippen LogP contribution in [0.2, 0.25) is 0 Å². The van der Waals surface area contributed by atoms with Gasteiger partial charge in [-0.25, -0.2) is 4.39 Å². The van der Waals surface area contributed by atoms with Crippen molar-refractivity contribution in [2.24, 2.45) is 7.05 Å². The molecule has 0 bridgehead atoms. The van der Waals surface area contributed by atoms with E-state index in [0.29, 0.717) is 45.4 Å². The van der Waals surface area contributed by atoms with Crippen molar-refractivity contribution >= 4 is 39.0 Å². The first kappa shape index (κ1) is 19.3. The molecule has 2 aromatic heterocycles. The SMILES string of the molecule is CC1CN(c2cc(C#N)c3c(Nc4cc(F)c5nn(C)cc5c4)n[nH]c3c2)CC(C)N1. The standard InChI is InChI=1S/C22H23FN8/c1-12-9-31(10-13(2)25-12)17-5-14(8-24)20-19(7-17)27-28-22(20)26-16-4-15-11-30(3)29-21(15)18(23)6-16/h4-7,11-13,25H,9-10H2,1-3H3,(H2,26,27,28). The molecule has 4 aromatic rings. The van der Waals surface area contributed by atoms with Crippen molar-refractivity contribution in [2.45, 2.75) is 25.9 Å². The Kier molecular flexibility index (Phi) is 4.52. The highest BCUT2D eigenvalue weighted by Crippen LogP contribution is 2.33. The number of hydrogen-bond donors (Lipinski definition) is 3. The lowest BCUT2D eigenvalue weighted by atomic mass is 10.1. The summed E-state index contributed by atoms with van der Waals surface area (Å²) < 4.78 is 16.0. The fourth-order valence-corrected chi connectivity index (χ4v) is 4.46. The zero-order valence-electron chi connectivity index (χ0n) is 17.6. The van der Waals surface area contributed by atoms with Gasteiger partial charge in [0, 0.05) is 55.2 Å². The minimum atomic E-state index is -0.412. The fraction of sp³-hybridized carbons (Fsp3) is 0.318. The molecule has 0 spiro atoms. The number of halogens is 1. The van der Waals surface area contributed by atoms with Crippen LogP contribution in [0.15, 0.2) is 30.5 Å². The number of nitrogens with zero attached hydrogens (tertiary/aromatic N) is 5. The zero-order valence-corrected chi connectivity index (χ0v) is 17.6. The van der Waals surface area contributed by atoms with Gasteiger partial charge in [-0.1, -0.05) is 0 Å². The van der Waals surface area contributed by atoms with E-state index < -0.39 is 5.82 Å². The van der Waals surface area contributed by atoms with Gasteiger partial charge in [0.1, 0.15) is 11.6 Å². The molecule has 1 saturated heterocycles. The predicted molar refractivity (Wildman–Crippen MR) is 119 cm³/mol. The molecule has 2 aromatic carbocycles. The molecule has 8 nitrogen and oxygen atoms in total. The number of fused-ring (bicyclic) bond motifs is 2. The molecule has 31 heavy (non-hydrogen) atoms. The Morgan fingerprint density at radius 2 is 1.97 bits per heavy atom. The lowest BCUT2D eigenvalue weighted by Crippen LogP contribution is -2.54. The van der Waals surface area contributed by atoms with Crippen LogP contribution in [-0.4, -0.2) is 45.2 Å². The van der Waals surface area contributed by atoms with Gasteiger partial charge in [0.15, 0.2) is 11.6 Å². The molecule has 158 valence electrons. The summed E-state index contributed by atoms with van der Waals surface area (Å²) in [6, 6.07) is 10.1. The van der Waals surface area contributed by atoms with Crippen LogP contribution in [0.3, 0.4) is 0 Å². The van der Waals surface area contributed by atoms with E-state index in [4.69, 9.17) is 0 Å².